The van der Waals surface area contributed by atoms with Gasteiger partial charge < -0.3 is 4.18 Å². The molecular weight excluding hydrogens is 486 g/mol. The zero-order valence-corrected chi connectivity index (χ0v) is 21.2. The van der Waals surface area contributed by atoms with Crippen LogP contribution in [-0.2, 0) is 15.5 Å². The Morgan fingerprint density at radius 1 is 0.714 bits per heavy atom. The minimum absolute atomic E-state index is 0.0664. The molecule has 4 aromatic carbocycles. The van der Waals surface area contributed by atoms with Crippen molar-refractivity contribution in [2.24, 2.45) is 0 Å². The molecule has 0 saturated heterocycles. The predicted octanol–water partition coefficient (Wildman–Crippen LogP) is 7.87. The van der Waals surface area contributed by atoms with Gasteiger partial charge >= 0.3 is 10.1 Å². The summed E-state index contributed by atoms with van der Waals surface area (Å²) in [5, 5.41) is 0. The zero-order valence-electron chi connectivity index (χ0n) is 19.6. The second-order valence-electron chi connectivity index (χ2n) is 8.61. The van der Waals surface area contributed by atoms with Crippen LogP contribution in [0.5, 0.6) is 5.75 Å². The van der Waals surface area contributed by atoms with E-state index in [0.29, 0.717) is 6.07 Å². The molecular formula is C28H26F2O3S2. The van der Waals surface area contributed by atoms with E-state index >= 15 is 0 Å². The molecule has 4 aromatic rings. The predicted molar refractivity (Wildman–Crippen MR) is 136 cm³/mol. The molecule has 0 unspecified atom stereocenters. The van der Waals surface area contributed by atoms with Crippen LogP contribution in [0.3, 0.4) is 0 Å². The summed E-state index contributed by atoms with van der Waals surface area (Å²) < 4.78 is 55.4. The van der Waals surface area contributed by atoms with Crippen molar-refractivity contribution in [2.75, 3.05) is 0 Å². The maximum atomic E-state index is 13.6. The highest BCUT2D eigenvalue weighted by Crippen LogP contribution is 2.27. The third kappa shape index (κ3) is 7.94. The SMILES string of the molecule is CC(C)(C)c1ccc(OS(=O)(=O)c2ccc(F)cc2F)cc1.c1ccc(Sc2ccccc2)cc1. The number of rotatable bonds is 5. The Labute approximate surface area is 209 Å². The minimum Gasteiger partial charge on any atom is -0.379 e. The molecule has 0 saturated carbocycles. The average molecular weight is 513 g/mol. The highest BCUT2D eigenvalue weighted by Gasteiger charge is 2.22. The first-order valence-electron chi connectivity index (χ1n) is 10.8. The van der Waals surface area contributed by atoms with Gasteiger partial charge in [-0.25, -0.2) is 8.78 Å². The fourth-order valence-corrected chi connectivity index (χ4v) is 4.82. The molecule has 0 heterocycles. The highest BCUT2D eigenvalue weighted by molar-refractivity contribution is 7.99. The van der Waals surface area contributed by atoms with E-state index < -0.39 is 26.6 Å². The summed E-state index contributed by atoms with van der Waals surface area (Å²) in [4.78, 5) is 1.87. The van der Waals surface area contributed by atoms with E-state index in [9.17, 15) is 17.2 Å². The monoisotopic (exact) mass is 512 g/mol. The Morgan fingerprint density at radius 3 is 1.69 bits per heavy atom. The summed E-state index contributed by atoms with van der Waals surface area (Å²) in [5.74, 6) is -1.98. The van der Waals surface area contributed by atoms with Crippen molar-refractivity contribution in [1.82, 2.24) is 0 Å². The molecule has 4 rings (SSSR count). The molecule has 0 atom stereocenters. The lowest BCUT2D eigenvalue weighted by atomic mass is 9.87. The molecule has 0 N–H and O–H groups in total. The molecule has 0 spiro atoms. The van der Waals surface area contributed by atoms with E-state index in [1.807, 2.05) is 32.9 Å². The lowest BCUT2D eigenvalue weighted by Crippen LogP contribution is -2.13. The molecule has 0 radical (unpaired) electrons. The van der Waals surface area contributed by atoms with Crippen molar-refractivity contribution >= 4 is 21.9 Å². The fourth-order valence-electron chi connectivity index (χ4n) is 2.97. The summed E-state index contributed by atoms with van der Waals surface area (Å²) in [5.41, 5.74) is 0.922. The van der Waals surface area contributed by atoms with Crippen LogP contribution in [0, 0.1) is 11.6 Å². The van der Waals surface area contributed by atoms with Gasteiger partial charge in [-0.15, -0.1) is 0 Å². The van der Waals surface area contributed by atoms with Crippen LogP contribution in [0.1, 0.15) is 26.3 Å². The number of hydrogen-bond acceptors (Lipinski definition) is 4. The Bertz CT molecular complexity index is 1300. The molecule has 3 nitrogen and oxygen atoms in total. The molecule has 0 bridgehead atoms. The van der Waals surface area contributed by atoms with Gasteiger partial charge in [0.25, 0.3) is 0 Å². The zero-order chi connectivity index (χ0) is 25.5. The van der Waals surface area contributed by atoms with Gasteiger partial charge in [0.1, 0.15) is 22.3 Å². The second-order valence-corrected chi connectivity index (χ2v) is 11.3. The number of halogens is 2. The van der Waals surface area contributed by atoms with Gasteiger partial charge in [-0.2, -0.15) is 8.42 Å². The van der Waals surface area contributed by atoms with Crippen molar-refractivity contribution in [1.29, 1.82) is 0 Å². The minimum atomic E-state index is -4.35. The highest BCUT2D eigenvalue weighted by atomic mass is 32.2. The van der Waals surface area contributed by atoms with Crippen LogP contribution in [-0.4, -0.2) is 8.42 Å². The van der Waals surface area contributed by atoms with Gasteiger partial charge in [-0.1, -0.05) is 81.1 Å². The fraction of sp³-hybridized carbons (Fsp3) is 0.143. The summed E-state index contributed by atoms with van der Waals surface area (Å²) in [7, 11) is -4.35. The molecule has 0 aliphatic heterocycles. The van der Waals surface area contributed by atoms with Crippen molar-refractivity contribution in [3.63, 3.8) is 0 Å². The average Bonchev–Trinajstić information content (AvgIpc) is 2.80. The van der Waals surface area contributed by atoms with Crippen molar-refractivity contribution < 1.29 is 21.4 Å². The van der Waals surface area contributed by atoms with Crippen molar-refractivity contribution in [3.05, 3.63) is 120 Å². The molecule has 0 aromatic heterocycles. The summed E-state index contributed by atoms with van der Waals surface area (Å²) in [6.45, 7) is 6.06. The lowest BCUT2D eigenvalue weighted by molar-refractivity contribution is 0.474. The molecule has 0 fully saturated rings. The quantitative estimate of drug-likeness (QED) is 0.255. The Hall–Kier alpha value is -3.16. The second kappa shape index (κ2) is 11.5. The van der Waals surface area contributed by atoms with E-state index in [2.05, 4.69) is 48.5 Å². The molecule has 35 heavy (non-hydrogen) atoms. The van der Waals surface area contributed by atoms with Crippen LogP contribution in [0.15, 0.2) is 118 Å². The molecule has 0 aliphatic rings. The molecule has 182 valence electrons. The largest absolute Gasteiger partial charge is 0.379 e. The maximum Gasteiger partial charge on any atom is 0.342 e. The molecule has 0 amide bonds. The van der Waals surface area contributed by atoms with Gasteiger partial charge in [-0.05, 0) is 59.5 Å². The van der Waals surface area contributed by atoms with E-state index in [0.717, 1.165) is 17.7 Å². The van der Waals surface area contributed by atoms with Crippen LogP contribution >= 0.6 is 11.8 Å². The van der Waals surface area contributed by atoms with Gasteiger partial charge in [-0.3, -0.25) is 0 Å². The molecule has 0 aliphatic carbocycles. The first-order chi connectivity index (χ1) is 16.5. The lowest BCUT2D eigenvalue weighted by Gasteiger charge is -2.19. The Kier molecular flexibility index (Phi) is 8.70. The van der Waals surface area contributed by atoms with Gasteiger partial charge in [0, 0.05) is 15.9 Å². The number of hydrogen-bond donors (Lipinski definition) is 0. The van der Waals surface area contributed by atoms with Crippen LogP contribution < -0.4 is 4.18 Å². The van der Waals surface area contributed by atoms with E-state index in [4.69, 9.17) is 4.18 Å². The molecule has 7 heteroatoms. The smallest absolute Gasteiger partial charge is 0.342 e. The maximum absolute atomic E-state index is 13.6. The topological polar surface area (TPSA) is 43.4 Å². The third-order valence-electron chi connectivity index (χ3n) is 4.81. The first kappa shape index (κ1) is 26.4. The Morgan fingerprint density at radius 2 is 1.23 bits per heavy atom. The number of benzene rings is 4. The summed E-state index contributed by atoms with van der Waals surface area (Å²) in [6, 6.07) is 29.5. The summed E-state index contributed by atoms with van der Waals surface area (Å²) in [6.07, 6.45) is 0. The van der Waals surface area contributed by atoms with Gasteiger partial charge in [0.2, 0.25) is 0 Å². The van der Waals surface area contributed by atoms with Crippen LogP contribution in [0.4, 0.5) is 8.78 Å². The van der Waals surface area contributed by atoms with Crippen LogP contribution in [0.2, 0.25) is 0 Å². The standard InChI is InChI=1S/C16H16F2O3S.C12H10S/c1-16(2,3)11-4-7-13(8-5-11)21-22(19,20)15-9-6-12(17)10-14(15)18;1-3-7-11(8-4-1)13-12-9-5-2-6-10-12/h4-10H,1-3H3;1-10H. The summed E-state index contributed by atoms with van der Waals surface area (Å²) >= 11 is 1.79. The van der Waals surface area contributed by atoms with E-state index in [-0.39, 0.29) is 11.2 Å². The third-order valence-corrected chi connectivity index (χ3v) is 7.11. The van der Waals surface area contributed by atoms with Crippen LogP contribution in [0.25, 0.3) is 0 Å². The van der Waals surface area contributed by atoms with Crippen molar-refractivity contribution in [2.45, 2.75) is 40.9 Å². The van der Waals surface area contributed by atoms with E-state index in [1.165, 1.54) is 21.9 Å². The first-order valence-corrected chi connectivity index (χ1v) is 13.0. The van der Waals surface area contributed by atoms with Crippen molar-refractivity contribution in [3.8, 4) is 5.75 Å². The van der Waals surface area contributed by atoms with E-state index in [1.54, 1.807) is 23.9 Å². The Balaban J connectivity index is 0.000000223. The normalized spacial score (nSPS) is 11.3. The van der Waals surface area contributed by atoms with Gasteiger partial charge in [0.05, 0.1) is 0 Å². The van der Waals surface area contributed by atoms with Gasteiger partial charge in [0.15, 0.2) is 0 Å².